The van der Waals surface area contributed by atoms with Gasteiger partial charge in [0.15, 0.2) is 5.03 Å². The lowest BCUT2D eigenvalue weighted by molar-refractivity contribution is 0.597. The molecule has 0 saturated heterocycles. The molecule has 0 amide bonds. The zero-order chi connectivity index (χ0) is 14.0. The van der Waals surface area contributed by atoms with Gasteiger partial charge in [-0.15, -0.1) is 0 Å². The van der Waals surface area contributed by atoms with Gasteiger partial charge in [0.2, 0.25) is 0 Å². The Morgan fingerprint density at radius 3 is 2.47 bits per heavy atom. The lowest BCUT2D eigenvalue weighted by Gasteiger charge is -2.10. The summed E-state index contributed by atoms with van der Waals surface area (Å²) in [6.45, 7) is 0. The van der Waals surface area contributed by atoms with Crippen LogP contribution in [0, 0.1) is 3.57 Å². The molecule has 1 N–H and O–H groups in total. The maximum atomic E-state index is 12.1. The topological polar surface area (TPSA) is 59.1 Å². The summed E-state index contributed by atoms with van der Waals surface area (Å²) in [5.41, 5.74) is 0.220. The van der Waals surface area contributed by atoms with Crippen molar-refractivity contribution in [2.75, 3.05) is 4.72 Å². The third-order valence-corrected chi connectivity index (χ3v) is 5.57. The van der Waals surface area contributed by atoms with Crippen LogP contribution in [-0.2, 0) is 10.0 Å². The molecule has 0 radical (unpaired) electrons. The predicted octanol–water partition coefficient (Wildman–Crippen LogP) is 3.79. The molecule has 100 valence electrons. The Labute approximate surface area is 134 Å². The monoisotopic (exact) mass is 428 g/mol. The van der Waals surface area contributed by atoms with Crippen LogP contribution in [0.4, 0.5) is 5.69 Å². The van der Waals surface area contributed by atoms with Crippen molar-refractivity contribution in [2.45, 2.75) is 5.03 Å². The minimum absolute atomic E-state index is 0.0826. The van der Waals surface area contributed by atoms with Gasteiger partial charge < -0.3 is 0 Å². The normalized spacial score (nSPS) is 11.3. The number of nitrogens with one attached hydrogen (secondary N) is 1. The smallest absolute Gasteiger partial charge is 0.277 e. The number of hydrogen-bond donors (Lipinski definition) is 1. The molecule has 0 aliphatic carbocycles. The molecule has 0 bridgehead atoms. The maximum Gasteiger partial charge on any atom is 0.279 e. The van der Waals surface area contributed by atoms with Crippen LogP contribution in [0.1, 0.15) is 0 Å². The molecule has 8 heteroatoms. The van der Waals surface area contributed by atoms with E-state index >= 15 is 0 Å². The summed E-state index contributed by atoms with van der Waals surface area (Å²) in [5.74, 6) is 0. The lowest BCUT2D eigenvalue weighted by Crippen LogP contribution is -2.14. The van der Waals surface area contributed by atoms with Gasteiger partial charge in [-0.3, -0.25) is 4.72 Å². The van der Waals surface area contributed by atoms with Crippen LogP contribution >= 0.6 is 45.8 Å². The third kappa shape index (κ3) is 3.31. The van der Waals surface area contributed by atoms with Crippen LogP contribution in [0.3, 0.4) is 0 Å². The molecular weight excluding hydrogens is 422 g/mol. The molecular formula is C11H7Cl2IN2O2S. The summed E-state index contributed by atoms with van der Waals surface area (Å²) < 4.78 is 27.2. The van der Waals surface area contributed by atoms with Crippen molar-refractivity contribution >= 4 is 61.5 Å². The van der Waals surface area contributed by atoms with E-state index in [1.807, 2.05) is 22.6 Å². The summed E-state index contributed by atoms with van der Waals surface area (Å²) in [5, 5.41) is 0.386. The second-order valence-corrected chi connectivity index (χ2v) is 7.04. The van der Waals surface area contributed by atoms with Gasteiger partial charge in [0, 0.05) is 9.77 Å². The standard InChI is InChI=1S/C11H7Cl2IN2O2S/c12-10-7(14)4-5-8(11(10)13)16-19(17,18)9-3-1-2-6-15-9/h1-6,16H. The SMILES string of the molecule is O=S(=O)(Nc1ccc(I)c(Cl)c1Cl)c1ccccn1. The molecule has 0 aliphatic heterocycles. The van der Waals surface area contributed by atoms with Gasteiger partial charge in [-0.25, -0.2) is 4.98 Å². The highest BCUT2D eigenvalue weighted by Gasteiger charge is 2.18. The Morgan fingerprint density at radius 2 is 1.84 bits per heavy atom. The highest BCUT2D eigenvalue weighted by Crippen LogP contribution is 2.34. The van der Waals surface area contributed by atoms with E-state index in [9.17, 15) is 8.42 Å². The number of rotatable bonds is 3. The number of benzene rings is 1. The largest absolute Gasteiger partial charge is 0.279 e. The van der Waals surface area contributed by atoms with E-state index in [0.717, 1.165) is 3.57 Å². The van der Waals surface area contributed by atoms with Crippen LogP contribution in [0.5, 0.6) is 0 Å². The van der Waals surface area contributed by atoms with Gasteiger partial charge in [-0.05, 0) is 46.9 Å². The summed E-state index contributed by atoms with van der Waals surface area (Å²) in [6.07, 6.45) is 1.40. The van der Waals surface area contributed by atoms with Crippen molar-refractivity contribution in [1.82, 2.24) is 4.98 Å². The van der Waals surface area contributed by atoms with Crippen molar-refractivity contribution in [3.8, 4) is 0 Å². The van der Waals surface area contributed by atoms with Crippen molar-refractivity contribution in [3.05, 3.63) is 50.1 Å². The minimum Gasteiger partial charge on any atom is -0.277 e. The van der Waals surface area contributed by atoms with Crippen molar-refractivity contribution < 1.29 is 8.42 Å². The molecule has 4 nitrogen and oxygen atoms in total. The van der Waals surface area contributed by atoms with Gasteiger partial charge in [0.25, 0.3) is 10.0 Å². The Balaban J connectivity index is 2.40. The molecule has 0 fully saturated rings. The second-order valence-electron chi connectivity index (χ2n) is 3.50. The summed E-state index contributed by atoms with van der Waals surface area (Å²) in [7, 11) is -3.77. The maximum absolute atomic E-state index is 12.1. The summed E-state index contributed by atoms with van der Waals surface area (Å²) in [6, 6.07) is 7.84. The average molecular weight is 429 g/mol. The number of anilines is 1. The molecule has 2 aromatic rings. The molecule has 0 saturated carbocycles. The molecule has 1 aromatic heterocycles. The Kier molecular flexibility index (Phi) is 4.54. The first-order valence-electron chi connectivity index (χ1n) is 4.99. The second kappa shape index (κ2) is 5.82. The van der Waals surface area contributed by atoms with Gasteiger partial charge >= 0.3 is 0 Å². The Bertz CT molecular complexity index is 708. The number of halogens is 3. The highest BCUT2D eigenvalue weighted by molar-refractivity contribution is 14.1. The van der Waals surface area contributed by atoms with E-state index in [4.69, 9.17) is 23.2 Å². The first-order valence-corrected chi connectivity index (χ1v) is 8.31. The van der Waals surface area contributed by atoms with E-state index in [0.29, 0.717) is 5.02 Å². The zero-order valence-electron chi connectivity index (χ0n) is 9.27. The summed E-state index contributed by atoms with van der Waals surface area (Å²) >= 11 is 14.0. The first kappa shape index (κ1) is 14.8. The number of hydrogen-bond acceptors (Lipinski definition) is 3. The quantitative estimate of drug-likeness (QED) is 0.597. The fourth-order valence-corrected chi connectivity index (χ4v) is 3.37. The molecule has 2 rings (SSSR count). The number of sulfonamides is 1. The van der Waals surface area contributed by atoms with Crippen LogP contribution in [0.2, 0.25) is 10.0 Å². The zero-order valence-corrected chi connectivity index (χ0v) is 13.8. The fourth-order valence-electron chi connectivity index (χ4n) is 1.31. The van der Waals surface area contributed by atoms with E-state index in [-0.39, 0.29) is 15.7 Å². The minimum atomic E-state index is -3.77. The van der Waals surface area contributed by atoms with E-state index in [1.165, 1.54) is 12.3 Å². The van der Waals surface area contributed by atoms with Gasteiger partial charge in [0.05, 0.1) is 15.7 Å². The fraction of sp³-hybridized carbons (Fsp3) is 0. The molecule has 0 aliphatic rings. The van der Waals surface area contributed by atoms with Crippen molar-refractivity contribution in [2.24, 2.45) is 0 Å². The van der Waals surface area contributed by atoms with E-state index in [1.54, 1.807) is 24.3 Å². The molecule has 1 aromatic carbocycles. The van der Waals surface area contributed by atoms with Crippen molar-refractivity contribution in [3.63, 3.8) is 0 Å². The van der Waals surface area contributed by atoms with Crippen LogP contribution in [0.25, 0.3) is 0 Å². The van der Waals surface area contributed by atoms with Gasteiger partial charge in [0.1, 0.15) is 0 Å². The number of pyridine rings is 1. The van der Waals surface area contributed by atoms with Gasteiger partial charge in [-0.1, -0.05) is 29.3 Å². The van der Waals surface area contributed by atoms with Crippen LogP contribution < -0.4 is 4.72 Å². The average Bonchev–Trinajstić information content (AvgIpc) is 2.40. The first-order chi connectivity index (χ1) is 8.92. The van der Waals surface area contributed by atoms with E-state index < -0.39 is 10.0 Å². The molecule has 1 heterocycles. The molecule has 0 spiro atoms. The van der Waals surface area contributed by atoms with E-state index in [2.05, 4.69) is 9.71 Å². The Morgan fingerprint density at radius 1 is 1.11 bits per heavy atom. The lowest BCUT2D eigenvalue weighted by atomic mass is 10.3. The number of nitrogens with zero attached hydrogens (tertiary/aromatic N) is 1. The van der Waals surface area contributed by atoms with Crippen molar-refractivity contribution in [1.29, 1.82) is 0 Å². The van der Waals surface area contributed by atoms with Crippen LogP contribution in [-0.4, -0.2) is 13.4 Å². The number of aromatic nitrogens is 1. The molecule has 0 atom stereocenters. The summed E-state index contributed by atoms with van der Waals surface area (Å²) in [4.78, 5) is 3.79. The highest BCUT2D eigenvalue weighted by atomic mass is 127. The third-order valence-electron chi connectivity index (χ3n) is 2.19. The molecule has 19 heavy (non-hydrogen) atoms. The van der Waals surface area contributed by atoms with Gasteiger partial charge in [-0.2, -0.15) is 8.42 Å². The predicted molar refractivity (Wildman–Crippen MR) is 84.2 cm³/mol. The molecule has 0 unspecified atom stereocenters. The Hall–Kier alpha value is -0.570. The van der Waals surface area contributed by atoms with Crippen LogP contribution in [0.15, 0.2) is 41.6 Å².